The van der Waals surface area contributed by atoms with E-state index in [1.165, 1.54) is 112 Å². The van der Waals surface area contributed by atoms with Crippen LogP contribution in [0.15, 0.2) is 162 Å². The van der Waals surface area contributed by atoms with Crippen molar-refractivity contribution in [3.8, 4) is 33.4 Å². The zero-order chi connectivity index (χ0) is 35.1. The highest BCUT2D eigenvalue weighted by molar-refractivity contribution is 7.27. The lowest BCUT2D eigenvalue weighted by Gasteiger charge is -2.15. The van der Waals surface area contributed by atoms with Crippen LogP contribution in [0.25, 0.3) is 117 Å². The van der Waals surface area contributed by atoms with E-state index >= 15 is 0 Å². The first-order chi connectivity index (χ1) is 26.8. The molecule has 13 rings (SSSR count). The summed E-state index contributed by atoms with van der Waals surface area (Å²) in [4.78, 5) is 0. The second-order valence-corrected chi connectivity index (χ2v) is 16.8. The summed E-state index contributed by atoms with van der Waals surface area (Å²) in [5.74, 6) is 0. The molecule has 1 nitrogen and oxygen atoms in total. The van der Waals surface area contributed by atoms with E-state index in [0.717, 1.165) is 23.0 Å². The number of hydrogen-bond donors (Lipinski definition) is 0. The minimum Gasteiger partial charge on any atom is -0.455 e. The molecule has 0 bridgehead atoms. The quantitative estimate of drug-likeness (QED) is 0.173. The lowest BCUT2D eigenvalue weighted by atomic mass is 9.88. The molecule has 0 atom stereocenters. The van der Waals surface area contributed by atoms with Gasteiger partial charge in [-0.1, -0.05) is 121 Å². The predicted molar refractivity (Wildman–Crippen MR) is 234 cm³/mol. The molecule has 0 unspecified atom stereocenters. The normalized spacial score (nSPS) is 12.7. The van der Waals surface area contributed by atoms with E-state index in [1.807, 2.05) is 22.7 Å². The number of furan rings is 1. The van der Waals surface area contributed by atoms with Crippen LogP contribution < -0.4 is 0 Å². The number of benzene rings is 9. The van der Waals surface area contributed by atoms with Crippen molar-refractivity contribution in [2.75, 3.05) is 0 Å². The number of hydrogen-bond acceptors (Lipinski definition) is 3. The van der Waals surface area contributed by atoms with Crippen LogP contribution in [0.1, 0.15) is 11.1 Å². The Hall–Kier alpha value is -6.26. The third-order valence-corrected chi connectivity index (χ3v) is 14.4. The molecule has 0 spiro atoms. The molecular formula is C51H28OS2. The Morgan fingerprint density at radius 1 is 0.407 bits per heavy atom. The van der Waals surface area contributed by atoms with Gasteiger partial charge in [0.25, 0.3) is 0 Å². The van der Waals surface area contributed by atoms with Crippen LogP contribution in [0, 0.1) is 0 Å². The van der Waals surface area contributed by atoms with Crippen LogP contribution in [0.5, 0.6) is 0 Å². The zero-order valence-electron chi connectivity index (χ0n) is 28.9. The molecule has 0 N–H and O–H groups in total. The van der Waals surface area contributed by atoms with Gasteiger partial charge in [0.15, 0.2) is 0 Å². The van der Waals surface area contributed by atoms with Crippen molar-refractivity contribution in [1.82, 2.24) is 0 Å². The molecule has 0 aliphatic heterocycles. The van der Waals surface area contributed by atoms with Crippen molar-refractivity contribution in [2.24, 2.45) is 0 Å². The van der Waals surface area contributed by atoms with Crippen LogP contribution in [-0.4, -0.2) is 0 Å². The fourth-order valence-electron chi connectivity index (χ4n) is 9.48. The molecule has 0 fully saturated rings. The van der Waals surface area contributed by atoms with Crippen molar-refractivity contribution in [2.45, 2.75) is 6.42 Å². The number of rotatable bonds is 2. The fraction of sp³-hybridized carbons (Fsp3) is 0.0196. The van der Waals surface area contributed by atoms with Gasteiger partial charge in [0, 0.05) is 67.3 Å². The van der Waals surface area contributed by atoms with Gasteiger partial charge in [-0.2, -0.15) is 0 Å². The lowest BCUT2D eigenvalue weighted by Crippen LogP contribution is -1.90. The van der Waals surface area contributed by atoms with Crippen molar-refractivity contribution in [1.29, 1.82) is 0 Å². The highest BCUT2D eigenvalue weighted by Gasteiger charge is 2.26. The Morgan fingerprint density at radius 2 is 0.963 bits per heavy atom. The van der Waals surface area contributed by atoms with Gasteiger partial charge in [0.1, 0.15) is 11.2 Å². The van der Waals surface area contributed by atoms with Crippen LogP contribution in [-0.2, 0) is 6.42 Å². The average molecular weight is 721 g/mol. The molecule has 1 aliphatic rings. The van der Waals surface area contributed by atoms with Gasteiger partial charge in [-0.3, -0.25) is 0 Å². The molecule has 3 aromatic heterocycles. The smallest absolute Gasteiger partial charge is 0.143 e. The van der Waals surface area contributed by atoms with Gasteiger partial charge < -0.3 is 4.42 Å². The largest absolute Gasteiger partial charge is 0.455 e. The first-order valence-electron chi connectivity index (χ1n) is 18.5. The molecule has 12 aromatic rings. The van der Waals surface area contributed by atoms with Crippen molar-refractivity contribution in [3.63, 3.8) is 0 Å². The molecular weight excluding hydrogens is 693 g/mol. The van der Waals surface area contributed by atoms with Crippen LogP contribution in [0.4, 0.5) is 0 Å². The van der Waals surface area contributed by atoms with Gasteiger partial charge in [-0.05, 0) is 92.7 Å². The molecule has 250 valence electrons. The van der Waals surface area contributed by atoms with Crippen molar-refractivity contribution in [3.05, 3.63) is 169 Å². The maximum atomic E-state index is 6.73. The molecule has 0 saturated carbocycles. The molecule has 3 heterocycles. The van der Waals surface area contributed by atoms with Gasteiger partial charge in [0.2, 0.25) is 0 Å². The molecule has 54 heavy (non-hydrogen) atoms. The SMILES string of the molecule is c1ccc2c(c1)Cc1c-2c(-c2ccc(-c3cc4c(ccc5c6ccccc6sc54)c4oc5ccccc5c34)cc2)cc2c1ccc1c3ccccc3sc21. The van der Waals surface area contributed by atoms with Crippen LogP contribution in [0.3, 0.4) is 0 Å². The summed E-state index contributed by atoms with van der Waals surface area (Å²) >= 11 is 3.80. The van der Waals surface area contributed by atoms with Crippen LogP contribution in [0.2, 0.25) is 0 Å². The summed E-state index contributed by atoms with van der Waals surface area (Å²) in [5.41, 5.74) is 12.4. The number of para-hydroxylation sites is 1. The Bertz CT molecular complexity index is 3580. The van der Waals surface area contributed by atoms with E-state index < -0.39 is 0 Å². The first kappa shape index (κ1) is 29.2. The van der Waals surface area contributed by atoms with E-state index in [4.69, 9.17) is 4.42 Å². The molecule has 1 aliphatic carbocycles. The summed E-state index contributed by atoms with van der Waals surface area (Å²) in [6.45, 7) is 0. The summed E-state index contributed by atoms with van der Waals surface area (Å²) in [6, 6.07) is 58.6. The predicted octanol–water partition coefficient (Wildman–Crippen LogP) is 15.5. The van der Waals surface area contributed by atoms with Gasteiger partial charge in [-0.25, -0.2) is 0 Å². The highest BCUT2D eigenvalue weighted by Crippen LogP contribution is 2.50. The summed E-state index contributed by atoms with van der Waals surface area (Å²) in [7, 11) is 0. The zero-order valence-corrected chi connectivity index (χ0v) is 30.6. The lowest BCUT2D eigenvalue weighted by molar-refractivity contribution is 0.673. The summed E-state index contributed by atoms with van der Waals surface area (Å²) in [5, 5.41) is 12.8. The Balaban J connectivity index is 1.07. The van der Waals surface area contributed by atoms with E-state index in [0.29, 0.717) is 0 Å². The molecule has 0 radical (unpaired) electrons. The average Bonchev–Trinajstić information content (AvgIpc) is 4.00. The highest BCUT2D eigenvalue weighted by atomic mass is 32.1. The van der Waals surface area contributed by atoms with E-state index in [-0.39, 0.29) is 0 Å². The fourth-order valence-corrected chi connectivity index (χ4v) is 11.9. The third kappa shape index (κ3) is 3.87. The maximum absolute atomic E-state index is 6.73. The summed E-state index contributed by atoms with van der Waals surface area (Å²) < 4.78 is 12.1. The van der Waals surface area contributed by atoms with Gasteiger partial charge in [-0.15, -0.1) is 22.7 Å². The van der Waals surface area contributed by atoms with Gasteiger partial charge in [0.05, 0.1) is 0 Å². The Kier molecular flexibility index (Phi) is 5.77. The van der Waals surface area contributed by atoms with Crippen LogP contribution >= 0.6 is 22.7 Å². The van der Waals surface area contributed by atoms with E-state index in [2.05, 4.69) is 158 Å². The third-order valence-electron chi connectivity index (χ3n) is 11.9. The minimum absolute atomic E-state index is 0.923. The topological polar surface area (TPSA) is 13.1 Å². The number of fused-ring (bicyclic) bond motifs is 18. The maximum Gasteiger partial charge on any atom is 0.143 e. The van der Waals surface area contributed by atoms with Crippen molar-refractivity contribution < 1.29 is 4.42 Å². The van der Waals surface area contributed by atoms with Crippen molar-refractivity contribution >= 4 is 107 Å². The van der Waals surface area contributed by atoms with E-state index in [9.17, 15) is 0 Å². The number of thiophene rings is 2. The molecule has 0 amide bonds. The van der Waals surface area contributed by atoms with Gasteiger partial charge >= 0.3 is 0 Å². The molecule has 9 aromatic carbocycles. The Morgan fingerprint density at radius 3 is 1.70 bits per heavy atom. The first-order valence-corrected chi connectivity index (χ1v) is 20.2. The monoisotopic (exact) mass is 720 g/mol. The molecule has 0 saturated heterocycles. The summed E-state index contributed by atoms with van der Waals surface area (Å²) in [6.07, 6.45) is 0.958. The van der Waals surface area contributed by atoms with E-state index in [1.54, 1.807) is 0 Å². The molecule has 3 heteroatoms. The second kappa shape index (κ2) is 10.7. The standard InChI is InChI=1S/C51H28OS2/c1-2-10-31-30(9-1)25-41-32-21-23-36-33-11-4-7-15-45(33)53-50(36)42(32)26-39(47(31)41)28-17-19-29(20-18-28)40-27-43-35(49-48(40)38-13-3-6-14-44(38)52-49)22-24-37-34-12-5-8-16-46(34)54-51(37)43/h1-24,26-27H,25H2. The second-order valence-electron chi connectivity index (χ2n) is 14.7. The Labute approximate surface area is 317 Å². The minimum atomic E-state index is 0.923.